The molecule has 0 radical (unpaired) electrons. The number of primary amides is 1. The Bertz CT molecular complexity index is 818. The number of nitrogens with one attached hydrogen (secondary N) is 3. The minimum Gasteiger partial charge on any atom is -0.460 e. The molecule has 0 saturated carbocycles. The molecule has 1 rings (SSSR count). The van der Waals surface area contributed by atoms with Crippen molar-refractivity contribution in [3.63, 3.8) is 0 Å². The summed E-state index contributed by atoms with van der Waals surface area (Å²) in [5.41, 5.74) is 11.7. The van der Waals surface area contributed by atoms with Crippen LogP contribution in [0.2, 0.25) is 0 Å². The third-order valence-corrected chi connectivity index (χ3v) is 4.83. The second-order valence-electron chi connectivity index (χ2n) is 9.28. The number of nitrogens with two attached hydrogens (primary N) is 2. The summed E-state index contributed by atoms with van der Waals surface area (Å²) in [5, 5.41) is 7.91. The van der Waals surface area contributed by atoms with E-state index in [1.54, 1.807) is 45.0 Å². The summed E-state index contributed by atoms with van der Waals surface area (Å²) in [6.07, 6.45) is 0.708. The van der Waals surface area contributed by atoms with Crippen LogP contribution >= 0.6 is 0 Å². The zero-order chi connectivity index (χ0) is 25.2. The lowest BCUT2D eigenvalue weighted by Crippen LogP contribution is -2.51. The van der Waals surface area contributed by atoms with Gasteiger partial charge in [0.1, 0.15) is 12.6 Å². The summed E-state index contributed by atoms with van der Waals surface area (Å²) < 4.78 is 5.28. The highest BCUT2D eigenvalue weighted by molar-refractivity contribution is 5.97. The topological polar surface area (TPSA) is 166 Å². The standard InChI is InChI=1S/C23H37N5O5/c1-14(2)18(24)20(30)28-17(7-6-12-26-22(25)32)19(29)27-16-10-8-15(9-11-16)13-33-21(31)23(3,4)5/h8-11,14,17-18H,6-7,12-13,24H2,1-5H3,(H,27,29)(H,28,30)(H3,25,26,32)/t17-,18?/m0/s1. The first kappa shape index (κ1) is 27.9. The van der Waals surface area contributed by atoms with Gasteiger partial charge in [-0.25, -0.2) is 4.79 Å². The third-order valence-electron chi connectivity index (χ3n) is 4.83. The first-order chi connectivity index (χ1) is 15.3. The largest absolute Gasteiger partial charge is 0.460 e. The monoisotopic (exact) mass is 463 g/mol. The molecule has 10 heteroatoms. The number of carbonyl (C=O) groups excluding carboxylic acids is 4. The molecular weight excluding hydrogens is 426 g/mol. The molecule has 33 heavy (non-hydrogen) atoms. The van der Waals surface area contributed by atoms with Gasteiger partial charge in [-0.05, 0) is 57.2 Å². The molecule has 2 atom stereocenters. The van der Waals surface area contributed by atoms with Crippen LogP contribution in [0.4, 0.5) is 10.5 Å². The second kappa shape index (κ2) is 12.8. The van der Waals surface area contributed by atoms with Crippen molar-refractivity contribution in [2.45, 2.75) is 66.2 Å². The Hall–Kier alpha value is -3.14. The number of anilines is 1. The summed E-state index contributed by atoms with van der Waals surface area (Å²) in [7, 11) is 0. The molecule has 0 fully saturated rings. The predicted molar refractivity (Wildman–Crippen MR) is 126 cm³/mol. The normalized spacial score (nSPS) is 13.1. The SMILES string of the molecule is CC(C)C(N)C(=O)N[C@@H](CCCNC(N)=O)C(=O)Nc1ccc(COC(=O)C(C)(C)C)cc1. The molecule has 7 N–H and O–H groups in total. The molecule has 1 aromatic carbocycles. The fourth-order valence-electron chi connectivity index (χ4n) is 2.64. The van der Waals surface area contributed by atoms with Crippen LogP contribution in [-0.2, 0) is 25.7 Å². The first-order valence-electron chi connectivity index (χ1n) is 11.0. The Kier molecular flexibility index (Phi) is 10.8. The van der Waals surface area contributed by atoms with Gasteiger partial charge in [-0.15, -0.1) is 0 Å². The van der Waals surface area contributed by atoms with Crippen molar-refractivity contribution >= 4 is 29.5 Å². The molecule has 4 amide bonds. The predicted octanol–water partition coefficient (Wildman–Crippen LogP) is 1.63. The van der Waals surface area contributed by atoms with Gasteiger partial charge in [0.25, 0.3) is 0 Å². The fourth-order valence-corrected chi connectivity index (χ4v) is 2.64. The number of rotatable bonds is 11. The first-order valence-corrected chi connectivity index (χ1v) is 11.0. The average molecular weight is 464 g/mol. The van der Waals surface area contributed by atoms with E-state index in [1.165, 1.54) is 0 Å². The Morgan fingerprint density at radius 3 is 2.15 bits per heavy atom. The van der Waals surface area contributed by atoms with Gasteiger partial charge in [0.2, 0.25) is 11.8 Å². The van der Waals surface area contributed by atoms with Crippen LogP contribution < -0.4 is 27.4 Å². The maximum absolute atomic E-state index is 12.8. The van der Waals surface area contributed by atoms with E-state index in [0.717, 1.165) is 5.56 Å². The maximum atomic E-state index is 12.8. The highest BCUT2D eigenvalue weighted by atomic mass is 16.5. The highest BCUT2D eigenvalue weighted by Crippen LogP contribution is 2.17. The van der Waals surface area contributed by atoms with Crippen molar-refractivity contribution in [1.82, 2.24) is 10.6 Å². The fraction of sp³-hybridized carbons (Fsp3) is 0.565. The van der Waals surface area contributed by atoms with E-state index in [1.807, 2.05) is 13.8 Å². The number of carbonyl (C=O) groups is 4. The summed E-state index contributed by atoms with van der Waals surface area (Å²) in [5.74, 6) is -1.23. The summed E-state index contributed by atoms with van der Waals surface area (Å²) in [4.78, 5) is 48.0. The van der Waals surface area contributed by atoms with E-state index < -0.39 is 35.3 Å². The van der Waals surface area contributed by atoms with E-state index in [4.69, 9.17) is 16.2 Å². The van der Waals surface area contributed by atoms with Crippen molar-refractivity contribution < 1.29 is 23.9 Å². The van der Waals surface area contributed by atoms with Gasteiger partial charge in [0.05, 0.1) is 11.5 Å². The quantitative estimate of drug-likeness (QED) is 0.247. The molecular formula is C23H37N5O5. The van der Waals surface area contributed by atoms with Gasteiger partial charge < -0.3 is 32.2 Å². The number of hydrogen-bond acceptors (Lipinski definition) is 6. The lowest BCUT2D eigenvalue weighted by atomic mass is 9.97. The zero-order valence-corrected chi connectivity index (χ0v) is 20.1. The molecule has 1 aromatic rings. The Morgan fingerprint density at radius 1 is 1.03 bits per heavy atom. The van der Waals surface area contributed by atoms with Crippen molar-refractivity contribution in [1.29, 1.82) is 0 Å². The van der Waals surface area contributed by atoms with Crippen LogP contribution in [0.25, 0.3) is 0 Å². The number of ether oxygens (including phenoxy) is 1. The van der Waals surface area contributed by atoms with Gasteiger partial charge >= 0.3 is 12.0 Å². The Morgan fingerprint density at radius 2 is 1.64 bits per heavy atom. The molecule has 0 aliphatic heterocycles. The van der Waals surface area contributed by atoms with Crippen LogP contribution in [0.5, 0.6) is 0 Å². The van der Waals surface area contributed by atoms with Crippen molar-refractivity contribution in [3.05, 3.63) is 29.8 Å². The van der Waals surface area contributed by atoms with Crippen LogP contribution in [-0.4, -0.2) is 42.4 Å². The van der Waals surface area contributed by atoms with Gasteiger partial charge in [-0.2, -0.15) is 0 Å². The Balaban J connectivity index is 2.76. The molecule has 0 aromatic heterocycles. The zero-order valence-electron chi connectivity index (χ0n) is 20.1. The lowest BCUT2D eigenvalue weighted by molar-refractivity contribution is -0.154. The number of hydrogen-bond donors (Lipinski definition) is 5. The Labute approximate surface area is 195 Å². The van der Waals surface area contributed by atoms with E-state index in [-0.39, 0.29) is 31.5 Å². The molecule has 184 valence electrons. The van der Waals surface area contributed by atoms with E-state index >= 15 is 0 Å². The second-order valence-corrected chi connectivity index (χ2v) is 9.28. The number of urea groups is 1. The number of amides is 4. The molecule has 0 saturated heterocycles. The van der Waals surface area contributed by atoms with Crippen LogP contribution in [0.3, 0.4) is 0 Å². The lowest BCUT2D eigenvalue weighted by Gasteiger charge is -2.22. The van der Waals surface area contributed by atoms with Crippen LogP contribution in [0.15, 0.2) is 24.3 Å². The molecule has 0 aliphatic rings. The average Bonchev–Trinajstić information content (AvgIpc) is 2.73. The minimum absolute atomic E-state index is 0.0924. The third kappa shape index (κ3) is 10.3. The molecule has 0 bridgehead atoms. The summed E-state index contributed by atoms with van der Waals surface area (Å²) >= 11 is 0. The number of benzene rings is 1. The highest BCUT2D eigenvalue weighted by Gasteiger charge is 2.25. The maximum Gasteiger partial charge on any atom is 0.312 e. The van der Waals surface area contributed by atoms with E-state index in [9.17, 15) is 19.2 Å². The van der Waals surface area contributed by atoms with Gasteiger partial charge in [-0.1, -0.05) is 26.0 Å². The minimum atomic E-state index is -0.843. The van der Waals surface area contributed by atoms with Crippen molar-refractivity contribution in [2.24, 2.45) is 22.8 Å². The molecule has 10 nitrogen and oxygen atoms in total. The van der Waals surface area contributed by atoms with Crippen molar-refractivity contribution in [2.75, 3.05) is 11.9 Å². The summed E-state index contributed by atoms with van der Waals surface area (Å²) in [6, 6.07) is 4.60. The number of esters is 1. The van der Waals surface area contributed by atoms with Gasteiger partial charge in [0, 0.05) is 12.2 Å². The van der Waals surface area contributed by atoms with Gasteiger partial charge in [-0.3, -0.25) is 14.4 Å². The van der Waals surface area contributed by atoms with E-state index in [2.05, 4.69) is 16.0 Å². The smallest absolute Gasteiger partial charge is 0.312 e. The molecule has 0 heterocycles. The van der Waals surface area contributed by atoms with Crippen LogP contribution in [0.1, 0.15) is 53.0 Å². The van der Waals surface area contributed by atoms with E-state index in [0.29, 0.717) is 12.1 Å². The van der Waals surface area contributed by atoms with Crippen LogP contribution in [0, 0.1) is 11.3 Å². The molecule has 1 unspecified atom stereocenters. The molecule has 0 aliphatic carbocycles. The van der Waals surface area contributed by atoms with Gasteiger partial charge in [0.15, 0.2) is 0 Å². The molecule has 0 spiro atoms. The summed E-state index contributed by atoms with van der Waals surface area (Å²) in [6.45, 7) is 9.37. The van der Waals surface area contributed by atoms with Crippen molar-refractivity contribution in [3.8, 4) is 0 Å².